The molecule has 1 fully saturated rings. The Morgan fingerprint density at radius 3 is 2.55 bits per heavy atom. The van der Waals surface area contributed by atoms with Gasteiger partial charge in [0.25, 0.3) is 0 Å². The Morgan fingerprint density at radius 1 is 1.45 bits per heavy atom. The molecule has 11 heavy (non-hydrogen) atoms. The van der Waals surface area contributed by atoms with E-state index in [0.29, 0.717) is 0 Å². The summed E-state index contributed by atoms with van der Waals surface area (Å²) in [6, 6.07) is 0. The molecule has 1 aromatic rings. The van der Waals surface area contributed by atoms with Gasteiger partial charge in [-0.25, -0.2) is 0 Å². The number of hydrogen-bond acceptors (Lipinski definition) is 2. The van der Waals surface area contributed by atoms with E-state index in [2.05, 4.69) is 17.7 Å². The van der Waals surface area contributed by atoms with Crippen molar-refractivity contribution in [2.45, 2.75) is 31.7 Å². The van der Waals surface area contributed by atoms with Crippen LogP contribution in [0.25, 0.3) is 0 Å². The molecule has 1 saturated carbocycles. The van der Waals surface area contributed by atoms with Crippen molar-refractivity contribution in [3.8, 4) is 0 Å². The normalized spacial score (nSPS) is 21.3. The predicted octanol–water partition coefficient (Wildman–Crippen LogP) is 2.39. The molecule has 0 aromatic carbocycles. The molecule has 2 heteroatoms. The van der Waals surface area contributed by atoms with Crippen molar-refractivity contribution in [2.75, 3.05) is 0 Å². The van der Waals surface area contributed by atoms with Crippen molar-refractivity contribution in [2.24, 2.45) is 5.73 Å². The summed E-state index contributed by atoms with van der Waals surface area (Å²) in [5, 5.41) is 4.39. The fourth-order valence-electron chi connectivity index (χ4n) is 1.70. The van der Waals surface area contributed by atoms with Gasteiger partial charge in [0.2, 0.25) is 0 Å². The van der Waals surface area contributed by atoms with Gasteiger partial charge in [0.1, 0.15) is 0 Å². The van der Waals surface area contributed by atoms with Gasteiger partial charge in [-0.2, -0.15) is 11.3 Å². The van der Waals surface area contributed by atoms with Crippen molar-refractivity contribution in [1.82, 2.24) is 0 Å². The number of aryl methyl sites for hydroxylation is 1. The monoisotopic (exact) mass is 167 g/mol. The van der Waals surface area contributed by atoms with E-state index in [4.69, 9.17) is 5.73 Å². The van der Waals surface area contributed by atoms with Crippen molar-refractivity contribution in [3.05, 3.63) is 21.9 Å². The van der Waals surface area contributed by atoms with E-state index in [9.17, 15) is 0 Å². The maximum absolute atomic E-state index is 6.18. The highest BCUT2D eigenvalue weighted by molar-refractivity contribution is 7.08. The third-order valence-corrected chi connectivity index (χ3v) is 3.50. The van der Waals surface area contributed by atoms with Crippen LogP contribution in [0, 0.1) is 6.92 Å². The zero-order valence-corrected chi connectivity index (χ0v) is 7.58. The highest BCUT2D eigenvalue weighted by atomic mass is 32.1. The highest BCUT2D eigenvalue weighted by Crippen LogP contribution is 2.41. The first-order chi connectivity index (χ1) is 5.22. The summed E-state index contributed by atoms with van der Waals surface area (Å²) in [4.78, 5) is 0. The molecule has 0 atom stereocenters. The molecule has 0 saturated heterocycles. The Kier molecular flexibility index (Phi) is 1.55. The zero-order chi connectivity index (χ0) is 7.90. The predicted molar refractivity (Wildman–Crippen MR) is 48.8 cm³/mol. The molecule has 1 aliphatic rings. The van der Waals surface area contributed by atoms with Crippen LogP contribution in [0.4, 0.5) is 0 Å². The van der Waals surface area contributed by atoms with E-state index < -0.39 is 0 Å². The molecule has 0 unspecified atom stereocenters. The van der Waals surface area contributed by atoms with Crippen LogP contribution in [0.15, 0.2) is 10.8 Å². The minimum atomic E-state index is 0.0457. The molecule has 2 N–H and O–H groups in total. The van der Waals surface area contributed by atoms with E-state index >= 15 is 0 Å². The fraction of sp³-hybridized carbons (Fsp3) is 0.556. The molecule has 2 rings (SSSR count). The zero-order valence-electron chi connectivity index (χ0n) is 6.76. The van der Waals surface area contributed by atoms with Gasteiger partial charge in [0, 0.05) is 5.54 Å². The summed E-state index contributed by atoms with van der Waals surface area (Å²) in [7, 11) is 0. The summed E-state index contributed by atoms with van der Waals surface area (Å²) in [5.74, 6) is 0. The van der Waals surface area contributed by atoms with Crippen LogP contribution < -0.4 is 5.73 Å². The molecule has 0 spiro atoms. The first-order valence-electron chi connectivity index (χ1n) is 4.04. The lowest BCUT2D eigenvalue weighted by molar-refractivity contribution is 0.253. The lowest BCUT2D eigenvalue weighted by Gasteiger charge is -2.38. The summed E-state index contributed by atoms with van der Waals surface area (Å²) >= 11 is 1.76. The van der Waals surface area contributed by atoms with Gasteiger partial charge in [-0.05, 0) is 48.1 Å². The lowest BCUT2D eigenvalue weighted by atomic mass is 9.73. The van der Waals surface area contributed by atoms with Crippen LogP contribution in [0.5, 0.6) is 0 Å². The number of rotatable bonds is 1. The van der Waals surface area contributed by atoms with E-state index in [1.54, 1.807) is 11.3 Å². The standard InChI is InChI=1S/C9H13NS/c1-7-5-11-6-8(7)9(10)3-2-4-9/h5-6H,2-4,10H2,1H3. The van der Waals surface area contributed by atoms with E-state index in [1.807, 2.05) is 0 Å². The van der Waals surface area contributed by atoms with Crippen molar-refractivity contribution in [1.29, 1.82) is 0 Å². The Bertz CT molecular complexity index is 260. The Balaban J connectivity index is 2.35. The first-order valence-corrected chi connectivity index (χ1v) is 4.99. The lowest BCUT2D eigenvalue weighted by Crippen LogP contribution is -2.43. The third kappa shape index (κ3) is 1.01. The van der Waals surface area contributed by atoms with Gasteiger partial charge in [0.05, 0.1) is 0 Å². The second-order valence-electron chi connectivity index (χ2n) is 3.48. The minimum Gasteiger partial charge on any atom is -0.321 e. The van der Waals surface area contributed by atoms with Crippen LogP contribution >= 0.6 is 11.3 Å². The number of nitrogens with two attached hydrogens (primary N) is 1. The minimum absolute atomic E-state index is 0.0457. The van der Waals surface area contributed by atoms with Crippen LogP contribution in [-0.4, -0.2) is 0 Å². The maximum Gasteiger partial charge on any atom is 0.0420 e. The molecule has 1 aliphatic carbocycles. The van der Waals surface area contributed by atoms with Gasteiger partial charge < -0.3 is 5.73 Å². The quantitative estimate of drug-likeness (QED) is 0.683. The Labute approximate surface area is 71.2 Å². The molecule has 0 radical (unpaired) electrons. The second kappa shape index (κ2) is 2.32. The average molecular weight is 167 g/mol. The van der Waals surface area contributed by atoms with Gasteiger partial charge in [-0.1, -0.05) is 0 Å². The van der Waals surface area contributed by atoms with Crippen LogP contribution in [0.2, 0.25) is 0 Å². The maximum atomic E-state index is 6.18. The van der Waals surface area contributed by atoms with Gasteiger partial charge >= 0.3 is 0 Å². The third-order valence-electron chi connectivity index (χ3n) is 2.64. The van der Waals surface area contributed by atoms with Crippen LogP contribution in [0.3, 0.4) is 0 Å². The number of thiophene rings is 1. The van der Waals surface area contributed by atoms with Crippen LogP contribution in [-0.2, 0) is 5.54 Å². The summed E-state index contributed by atoms with van der Waals surface area (Å²) < 4.78 is 0. The van der Waals surface area contributed by atoms with Crippen molar-refractivity contribution < 1.29 is 0 Å². The summed E-state index contributed by atoms with van der Waals surface area (Å²) in [6.07, 6.45) is 3.64. The van der Waals surface area contributed by atoms with Crippen molar-refractivity contribution >= 4 is 11.3 Å². The molecule has 1 heterocycles. The Hall–Kier alpha value is -0.340. The molecule has 0 amide bonds. The molecule has 1 aromatic heterocycles. The smallest absolute Gasteiger partial charge is 0.0420 e. The van der Waals surface area contributed by atoms with Crippen molar-refractivity contribution in [3.63, 3.8) is 0 Å². The van der Waals surface area contributed by atoms with E-state index in [-0.39, 0.29) is 5.54 Å². The average Bonchev–Trinajstić information content (AvgIpc) is 2.30. The molecule has 0 bridgehead atoms. The Morgan fingerprint density at radius 2 is 2.18 bits per heavy atom. The van der Waals surface area contributed by atoms with Crippen LogP contribution in [0.1, 0.15) is 30.4 Å². The summed E-state index contributed by atoms with van der Waals surface area (Å²) in [5.41, 5.74) is 8.98. The van der Waals surface area contributed by atoms with E-state index in [0.717, 1.165) is 0 Å². The van der Waals surface area contributed by atoms with Gasteiger partial charge in [-0.15, -0.1) is 0 Å². The first kappa shape index (κ1) is 7.32. The van der Waals surface area contributed by atoms with Gasteiger partial charge in [0.15, 0.2) is 0 Å². The molecular formula is C9H13NS. The topological polar surface area (TPSA) is 26.0 Å². The van der Waals surface area contributed by atoms with E-state index in [1.165, 1.54) is 30.4 Å². The second-order valence-corrected chi connectivity index (χ2v) is 4.22. The SMILES string of the molecule is Cc1cscc1C1(N)CCC1. The molecule has 0 aliphatic heterocycles. The largest absolute Gasteiger partial charge is 0.321 e. The van der Waals surface area contributed by atoms with Gasteiger partial charge in [-0.3, -0.25) is 0 Å². The molecule has 1 nitrogen and oxygen atoms in total. The summed E-state index contributed by atoms with van der Waals surface area (Å²) in [6.45, 7) is 2.15. The fourth-order valence-corrected chi connectivity index (χ4v) is 2.65. The molecular weight excluding hydrogens is 154 g/mol. The highest BCUT2D eigenvalue weighted by Gasteiger charge is 2.35. The number of hydrogen-bond donors (Lipinski definition) is 1. The molecule has 60 valence electrons.